The highest BCUT2D eigenvalue weighted by Gasteiger charge is 2.59. The van der Waals surface area contributed by atoms with Gasteiger partial charge >= 0.3 is 11.9 Å². The molecule has 4 bridgehead atoms. The van der Waals surface area contributed by atoms with Crippen molar-refractivity contribution in [3.05, 3.63) is 0 Å². The predicted octanol–water partition coefficient (Wildman–Crippen LogP) is 4.71. The molecule has 0 amide bonds. The summed E-state index contributed by atoms with van der Waals surface area (Å²) in [5.74, 6) is 1.84. The van der Waals surface area contributed by atoms with E-state index in [9.17, 15) is 14.4 Å². The summed E-state index contributed by atoms with van der Waals surface area (Å²) < 4.78 is 10.5. The number of hydrogen-bond acceptors (Lipinski definition) is 5. The minimum Gasteiger partial charge on any atom is -0.469 e. The Kier molecular flexibility index (Phi) is 5.92. The Balaban J connectivity index is 1.60. The zero-order valence-electron chi connectivity index (χ0n) is 19.0. The van der Waals surface area contributed by atoms with E-state index in [1.165, 1.54) is 7.11 Å². The van der Waals surface area contributed by atoms with Crippen LogP contribution in [0.4, 0.5) is 0 Å². The van der Waals surface area contributed by atoms with Crippen molar-refractivity contribution < 1.29 is 23.9 Å². The highest BCUT2D eigenvalue weighted by Crippen LogP contribution is 2.63. The number of carbonyl (C=O) groups is 3. The fourth-order valence-electron chi connectivity index (χ4n) is 6.37. The molecular weight excluding hydrogens is 368 g/mol. The monoisotopic (exact) mass is 406 g/mol. The average Bonchev–Trinajstić information content (AvgIpc) is 2.60. The fourth-order valence-corrected chi connectivity index (χ4v) is 6.37. The van der Waals surface area contributed by atoms with Gasteiger partial charge in [-0.3, -0.25) is 14.4 Å². The molecule has 29 heavy (non-hydrogen) atoms. The van der Waals surface area contributed by atoms with Crippen LogP contribution in [0.25, 0.3) is 0 Å². The summed E-state index contributed by atoms with van der Waals surface area (Å²) in [6.45, 7) is 9.47. The van der Waals surface area contributed by atoms with E-state index in [0.717, 1.165) is 32.1 Å². The van der Waals surface area contributed by atoms with Crippen LogP contribution >= 0.6 is 0 Å². The molecule has 5 heteroatoms. The average molecular weight is 407 g/mol. The summed E-state index contributed by atoms with van der Waals surface area (Å²) in [4.78, 5) is 37.7. The highest BCUT2D eigenvalue weighted by molar-refractivity contribution is 5.85. The van der Waals surface area contributed by atoms with Crippen molar-refractivity contribution in [3.8, 4) is 0 Å². The van der Waals surface area contributed by atoms with E-state index in [1.807, 2.05) is 34.6 Å². The van der Waals surface area contributed by atoms with Crippen molar-refractivity contribution in [2.45, 2.75) is 91.6 Å². The third-order valence-corrected chi connectivity index (χ3v) is 7.64. The molecule has 0 aromatic rings. The lowest BCUT2D eigenvalue weighted by atomic mass is 9.45. The number of ether oxygens (including phenoxy) is 2. The van der Waals surface area contributed by atoms with E-state index >= 15 is 0 Å². The zero-order valence-corrected chi connectivity index (χ0v) is 19.0. The Morgan fingerprint density at radius 1 is 0.966 bits per heavy atom. The number of ketones is 1. The van der Waals surface area contributed by atoms with Gasteiger partial charge in [0.05, 0.1) is 12.5 Å². The van der Waals surface area contributed by atoms with Gasteiger partial charge in [-0.15, -0.1) is 0 Å². The topological polar surface area (TPSA) is 69.7 Å². The number of rotatable bonds is 7. The molecule has 0 aromatic carbocycles. The Morgan fingerprint density at radius 2 is 1.55 bits per heavy atom. The second kappa shape index (κ2) is 7.70. The summed E-state index contributed by atoms with van der Waals surface area (Å²) in [6.07, 6.45) is 6.36. The van der Waals surface area contributed by atoms with Gasteiger partial charge in [0.1, 0.15) is 11.4 Å². The van der Waals surface area contributed by atoms with E-state index in [1.54, 1.807) is 0 Å². The van der Waals surface area contributed by atoms with E-state index in [4.69, 9.17) is 9.47 Å². The van der Waals surface area contributed by atoms with Gasteiger partial charge in [0.25, 0.3) is 0 Å². The van der Waals surface area contributed by atoms with Crippen LogP contribution in [0.15, 0.2) is 0 Å². The molecule has 0 aliphatic heterocycles. The van der Waals surface area contributed by atoms with Crippen LogP contribution in [0.2, 0.25) is 0 Å². The van der Waals surface area contributed by atoms with Gasteiger partial charge in [0.2, 0.25) is 0 Å². The van der Waals surface area contributed by atoms with Gasteiger partial charge in [-0.05, 0) is 83.0 Å². The van der Waals surface area contributed by atoms with Crippen LogP contribution in [0.5, 0.6) is 0 Å². The molecule has 4 fully saturated rings. The van der Waals surface area contributed by atoms with Crippen molar-refractivity contribution >= 4 is 17.7 Å². The Hall–Kier alpha value is -1.39. The largest absolute Gasteiger partial charge is 0.469 e. The standard InChI is InChI=1S/C24H38O5/c1-22(2,3)29-20(26)7-8-23(4,5)19(25)11-18-16-9-15-10-17(18)14-24(12-15,13-16)21(27)28-6/h15-18H,7-14H2,1-6H3. The van der Waals surface area contributed by atoms with Crippen molar-refractivity contribution in [2.24, 2.45) is 34.5 Å². The molecule has 164 valence electrons. The minimum absolute atomic E-state index is 0.0423. The Bertz CT molecular complexity index is 655. The van der Waals surface area contributed by atoms with E-state index in [-0.39, 0.29) is 29.6 Å². The third kappa shape index (κ3) is 4.69. The van der Waals surface area contributed by atoms with Crippen molar-refractivity contribution in [2.75, 3.05) is 7.11 Å². The quantitative estimate of drug-likeness (QED) is 0.573. The van der Waals surface area contributed by atoms with E-state index < -0.39 is 11.0 Å². The van der Waals surface area contributed by atoms with Crippen LogP contribution in [0, 0.1) is 34.5 Å². The molecule has 0 radical (unpaired) electrons. The lowest BCUT2D eigenvalue weighted by molar-refractivity contribution is -0.175. The number of Topliss-reactive ketones (excluding diaryl/α,β-unsaturated/α-hetero) is 1. The van der Waals surface area contributed by atoms with Crippen LogP contribution < -0.4 is 0 Å². The highest BCUT2D eigenvalue weighted by atomic mass is 16.6. The fraction of sp³-hybridized carbons (Fsp3) is 0.875. The molecule has 0 heterocycles. The Labute approximate surface area is 175 Å². The Morgan fingerprint density at radius 3 is 2.07 bits per heavy atom. The molecule has 5 nitrogen and oxygen atoms in total. The molecule has 4 aliphatic carbocycles. The molecule has 2 unspecified atom stereocenters. The predicted molar refractivity (Wildman–Crippen MR) is 110 cm³/mol. The van der Waals surface area contributed by atoms with Crippen LogP contribution in [0.1, 0.15) is 86.0 Å². The van der Waals surface area contributed by atoms with E-state index in [2.05, 4.69) is 0 Å². The third-order valence-electron chi connectivity index (χ3n) is 7.64. The van der Waals surface area contributed by atoms with Gasteiger partial charge in [-0.2, -0.15) is 0 Å². The summed E-state index contributed by atoms with van der Waals surface area (Å²) in [5, 5.41) is 0. The van der Waals surface area contributed by atoms with Crippen molar-refractivity contribution in [1.29, 1.82) is 0 Å². The smallest absolute Gasteiger partial charge is 0.311 e. The van der Waals surface area contributed by atoms with Gasteiger partial charge in [0, 0.05) is 18.3 Å². The first kappa shape index (κ1) is 22.3. The number of methoxy groups -OCH3 is 1. The summed E-state index contributed by atoms with van der Waals surface area (Å²) in [5.41, 5.74) is -1.33. The molecule has 0 saturated heterocycles. The first-order chi connectivity index (χ1) is 13.3. The van der Waals surface area contributed by atoms with Gasteiger partial charge in [0.15, 0.2) is 0 Å². The lowest BCUT2D eigenvalue weighted by Crippen LogP contribution is -2.55. The molecule has 4 rings (SSSR count). The maximum absolute atomic E-state index is 13.2. The van der Waals surface area contributed by atoms with Crippen LogP contribution in [-0.4, -0.2) is 30.4 Å². The lowest BCUT2D eigenvalue weighted by Gasteiger charge is -2.59. The number of hydrogen-bond donors (Lipinski definition) is 0. The normalized spacial score (nSPS) is 33.4. The maximum atomic E-state index is 13.2. The first-order valence-corrected chi connectivity index (χ1v) is 11.2. The molecule has 4 saturated carbocycles. The maximum Gasteiger partial charge on any atom is 0.311 e. The summed E-state index contributed by atoms with van der Waals surface area (Å²) in [7, 11) is 1.50. The van der Waals surface area contributed by atoms with Gasteiger partial charge < -0.3 is 9.47 Å². The molecule has 0 spiro atoms. The number of carbonyl (C=O) groups excluding carboxylic acids is 3. The SMILES string of the molecule is COC(=O)C12CC3CC(C1)C(CC(=O)C(C)(C)CCC(=O)OC(C)(C)C)C(C3)C2. The molecule has 4 aliphatic rings. The van der Waals surface area contributed by atoms with E-state index in [0.29, 0.717) is 36.5 Å². The second-order valence-corrected chi connectivity index (χ2v) is 11.5. The molecule has 0 aromatic heterocycles. The van der Waals surface area contributed by atoms with Crippen molar-refractivity contribution in [3.63, 3.8) is 0 Å². The van der Waals surface area contributed by atoms with Gasteiger partial charge in [-0.25, -0.2) is 0 Å². The zero-order chi connectivity index (χ0) is 21.6. The van der Waals surface area contributed by atoms with Gasteiger partial charge in [-0.1, -0.05) is 13.8 Å². The first-order valence-electron chi connectivity index (χ1n) is 11.2. The van der Waals surface area contributed by atoms with Crippen LogP contribution in [-0.2, 0) is 23.9 Å². The minimum atomic E-state index is -0.536. The number of esters is 2. The molecule has 2 atom stereocenters. The second-order valence-electron chi connectivity index (χ2n) is 11.5. The van der Waals surface area contributed by atoms with Crippen molar-refractivity contribution in [1.82, 2.24) is 0 Å². The van der Waals surface area contributed by atoms with Crippen LogP contribution in [0.3, 0.4) is 0 Å². The summed E-state index contributed by atoms with van der Waals surface area (Å²) >= 11 is 0. The molecule has 0 N–H and O–H groups in total. The molecular formula is C24H38O5. The summed E-state index contributed by atoms with van der Waals surface area (Å²) in [6, 6.07) is 0.